The molecule has 2 unspecified atom stereocenters. The highest BCUT2D eigenvalue weighted by atomic mass is 16.2. The monoisotopic (exact) mass is 343 g/mol. The molecule has 0 fully saturated rings. The number of nitriles is 1. The highest BCUT2D eigenvalue weighted by Crippen LogP contribution is 2.24. The van der Waals surface area contributed by atoms with E-state index in [1.165, 1.54) is 5.56 Å². The minimum absolute atomic E-state index is 0.000749. The number of likely N-dealkylation sites (N-methyl/N-ethyl adjacent to an activating group) is 1. The third-order valence-electron chi connectivity index (χ3n) is 4.51. The summed E-state index contributed by atoms with van der Waals surface area (Å²) in [6, 6.07) is 10.8. The Morgan fingerprint density at radius 3 is 2.12 bits per heavy atom. The molecule has 2 atom stereocenters. The fourth-order valence-electron chi connectivity index (χ4n) is 2.88. The van der Waals surface area contributed by atoms with Crippen LogP contribution in [0.15, 0.2) is 24.3 Å². The Bertz CT molecular complexity index is 572. The molecule has 138 valence electrons. The Kier molecular flexibility index (Phi) is 8.65. The van der Waals surface area contributed by atoms with Gasteiger partial charge >= 0.3 is 0 Å². The van der Waals surface area contributed by atoms with E-state index in [0.717, 1.165) is 12.1 Å². The smallest absolute Gasteiger partial charge is 0.234 e. The Morgan fingerprint density at radius 2 is 1.68 bits per heavy atom. The van der Waals surface area contributed by atoms with Gasteiger partial charge in [-0.05, 0) is 36.4 Å². The highest BCUT2D eigenvalue weighted by molar-refractivity contribution is 5.78. The van der Waals surface area contributed by atoms with E-state index >= 15 is 0 Å². The molecule has 0 heterocycles. The van der Waals surface area contributed by atoms with Crippen LogP contribution in [0.2, 0.25) is 0 Å². The predicted molar refractivity (Wildman–Crippen MR) is 103 cm³/mol. The number of hydrogen-bond acceptors (Lipinski definition) is 3. The van der Waals surface area contributed by atoms with Gasteiger partial charge in [-0.1, -0.05) is 58.9 Å². The largest absolute Gasteiger partial charge is 0.348 e. The van der Waals surface area contributed by atoms with Crippen LogP contribution in [0.25, 0.3) is 0 Å². The third kappa shape index (κ3) is 6.88. The maximum Gasteiger partial charge on any atom is 0.234 e. The molecule has 0 aliphatic rings. The van der Waals surface area contributed by atoms with E-state index in [1.807, 2.05) is 18.7 Å². The van der Waals surface area contributed by atoms with E-state index in [2.05, 4.69) is 63.3 Å². The number of hydrogen-bond donors (Lipinski definition) is 1. The number of rotatable bonds is 9. The summed E-state index contributed by atoms with van der Waals surface area (Å²) in [6.07, 6.45) is 0. The van der Waals surface area contributed by atoms with Crippen molar-refractivity contribution < 1.29 is 4.79 Å². The lowest BCUT2D eigenvalue weighted by Crippen LogP contribution is -2.41. The maximum absolute atomic E-state index is 12.5. The average Bonchev–Trinajstić information content (AvgIpc) is 2.58. The van der Waals surface area contributed by atoms with Gasteiger partial charge in [0.25, 0.3) is 0 Å². The molecular weight excluding hydrogens is 310 g/mol. The molecule has 4 heteroatoms. The minimum Gasteiger partial charge on any atom is -0.348 e. The van der Waals surface area contributed by atoms with Crippen LogP contribution in [-0.4, -0.2) is 30.4 Å². The third-order valence-corrected chi connectivity index (χ3v) is 4.51. The molecule has 0 aliphatic carbocycles. The number of carbonyl (C=O) groups excluding carboxylic acids is 1. The molecule has 4 nitrogen and oxygen atoms in total. The van der Waals surface area contributed by atoms with Crippen LogP contribution in [-0.2, 0) is 4.79 Å². The van der Waals surface area contributed by atoms with Crippen molar-refractivity contribution in [2.45, 2.75) is 53.5 Å². The van der Waals surface area contributed by atoms with Gasteiger partial charge in [0, 0.05) is 6.54 Å². The van der Waals surface area contributed by atoms with Crippen LogP contribution in [0, 0.1) is 23.2 Å². The van der Waals surface area contributed by atoms with Crippen molar-refractivity contribution in [2.24, 2.45) is 11.8 Å². The molecule has 1 aromatic rings. The first-order chi connectivity index (χ1) is 11.8. The van der Waals surface area contributed by atoms with Crippen LogP contribution in [0.3, 0.4) is 0 Å². The standard InChI is InChI=1S/C21H33N3O/c1-7-24(13-17(6)12-22)14-20(25)23-21(16(4)5)19-10-8-18(9-11-19)15(2)3/h8-11,15-17,21H,7,13-14H2,1-6H3,(H,23,25). The first kappa shape index (κ1) is 21.2. The summed E-state index contributed by atoms with van der Waals surface area (Å²) in [4.78, 5) is 14.5. The summed E-state index contributed by atoms with van der Waals surface area (Å²) in [5, 5.41) is 12.1. The second-order valence-electron chi connectivity index (χ2n) is 7.47. The molecule has 1 amide bonds. The minimum atomic E-state index is -0.0720. The van der Waals surface area contributed by atoms with E-state index in [1.54, 1.807) is 0 Å². The molecular formula is C21H33N3O. The van der Waals surface area contributed by atoms with E-state index in [9.17, 15) is 4.79 Å². The molecule has 25 heavy (non-hydrogen) atoms. The molecule has 0 saturated heterocycles. The van der Waals surface area contributed by atoms with Gasteiger partial charge in [-0.15, -0.1) is 0 Å². The molecule has 0 saturated carbocycles. The van der Waals surface area contributed by atoms with Crippen molar-refractivity contribution in [3.63, 3.8) is 0 Å². The van der Waals surface area contributed by atoms with Crippen molar-refractivity contribution in [2.75, 3.05) is 19.6 Å². The molecule has 1 rings (SSSR count). The number of benzene rings is 1. The molecule has 0 radical (unpaired) electrons. The summed E-state index contributed by atoms with van der Waals surface area (Å²) in [5.74, 6) is 0.749. The topological polar surface area (TPSA) is 56.1 Å². The zero-order chi connectivity index (χ0) is 19.0. The first-order valence-corrected chi connectivity index (χ1v) is 9.29. The van der Waals surface area contributed by atoms with Crippen LogP contribution in [0.5, 0.6) is 0 Å². The Hall–Kier alpha value is -1.86. The normalized spacial score (nSPS) is 13.8. The van der Waals surface area contributed by atoms with Gasteiger partial charge in [0.1, 0.15) is 0 Å². The molecule has 0 bridgehead atoms. The lowest BCUT2D eigenvalue weighted by Gasteiger charge is -2.26. The average molecular weight is 344 g/mol. The molecule has 0 aromatic heterocycles. The molecule has 0 aliphatic heterocycles. The molecule has 0 spiro atoms. The first-order valence-electron chi connectivity index (χ1n) is 9.29. The van der Waals surface area contributed by atoms with Crippen LogP contribution in [0.4, 0.5) is 0 Å². The zero-order valence-electron chi connectivity index (χ0n) is 16.5. The van der Waals surface area contributed by atoms with Gasteiger partial charge < -0.3 is 5.32 Å². The summed E-state index contributed by atoms with van der Waals surface area (Å²) < 4.78 is 0. The van der Waals surface area contributed by atoms with Crippen molar-refractivity contribution in [1.29, 1.82) is 5.26 Å². The van der Waals surface area contributed by atoms with Crippen LogP contribution < -0.4 is 5.32 Å². The van der Waals surface area contributed by atoms with Gasteiger partial charge in [0.05, 0.1) is 24.6 Å². The summed E-state index contributed by atoms with van der Waals surface area (Å²) in [6.45, 7) is 14.2. The fourth-order valence-corrected chi connectivity index (χ4v) is 2.88. The predicted octanol–water partition coefficient (Wildman–Crippen LogP) is 4.10. The van der Waals surface area contributed by atoms with Gasteiger partial charge in [0.15, 0.2) is 0 Å². The van der Waals surface area contributed by atoms with E-state index in [0.29, 0.717) is 24.9 Å². The maximum atomic E-state index is 12.5. The SMILES string of the molecule is CCN(CC(=O)NC(c1ccc(C(C)C)cc1)C(C)C)CC(C)C#N. The lowest BCUT2D eigenvalue weighted by atomic mass is 9.93. The van der Waals surface area contributed by atoms with Crippen molar-refractivity contribution >= 4 is 5.91 Å². The van der Waals surface area contributed by atoms with E-state index in [4.69, 9.17) is 5.26 Å². The van der Waals surface area contributed by atoms with Gasteiger partial charge in [-0.25, -0.2) is 0 Å². The Labute approximate surface area is 153 Å². The Morgan fingerprint density at radius 1 is 1.12 bits per heavy atom. The number of carbonyl (C=O) groups is 1. The molecule has 1 aromatic carbocycles. The fraction of sp³-hybridized carbons (Fsp3) is 0.619. The van der Waals surface area contributed by atoms with Gasteiger partial charge in [0.2, 0.25) is 5.91 Å². The second kappa shape index (κ2) is 10.2. The number of amides is 1. The Balaban J connectivity index is 2.77. The quantitative estimate of drug-likeness (QED) is 0.734. The van der Waals surface area contributed by atoms with Crippen LogP contribution in [0.1, 0.15) is 64.6 Å². The lowest BCUT2D eigenvalue weighted by molar-refractivity contribution is -0.123. The zero-order valence-corrected chi connectivity index (χ0v) is 16.5. The van der Waals surface area contributed by atoms with Crippen molar-refractivity contribution in [3.8, 4) is 6.07 Å². The van der Waals surface area contributed by atoms with Gasteiger partial charge in [-0.2, -0.15) is 5.26 Å². The van der Waals surface area contributed by atoms with Crippen molar-refractivity contribution in [3.05, 3.63) is 35.4 Å². The summed E-state index contributed by atoms with van der Waals surface area (Å²) in [5.41, 5.74) is 2.45. The van der Waals surface area contributed by atoms with Gasteiger partial charge in [-0.3, -0.25) is 9.69 Å². The van der Waals surface area contributed by atoms with Crippen molar-refractivity contribution in [1.82, 2.24) is 10.2 Å². The highest BCUT2D eigenvalue weighted by Gasteiger charge is 2.20. The van der Waals surface area contributed by atoms with E-state index < -0.39 is 0 Å². The summed E-state index contributed by atoms with van der Waals surface area (Å²) in [7, 11) is 0. The second-order valence-corrected chi connectivity index (χ2v) is 7.47. The number of nitrogens with one attached hydrogen (secondary N) is 1. The number of nitrogens with zero attached hydrogens (tertiary/aromatic N) is 2. The van der Waals surface area contributed by atoms with Crippen LogP contribution >= 0.6 is 0 Å². The van der Waals surface area contributed by atoms with E-state index in [-0.39, 0.29) is 17.9 Å². The summed E-state index contributed by atoms with van der Waals surface area (Å²) >= 11 is 0. The molecule has 1 N–H and O–H groups in total.